The first kappa shape index (κ1) is 16.9. The van der Waals surface area contributed by atoms with Crippen LogP contribution in [0, 0.1) is 0 Å². The zero-order valence-corrected chi connectivity index (χ0v) is 12.7. The summed E-state index contributed by atoms with van der Waals surface area (Å²) >= 11 is 0. The Labute approximate surface area is 108 Å². The molecule has 0 saturated carbocycles. The van der Waals surface area contributed by atoms with E-state index < -0.39 is 0 Å². The monoisotopic (exact) mass is 244 g/mol. The van der Waals surface area contributed by atoms with Gasteiger partial charge in [0, 0.05) is 25.2 Å². The average molecular weight is 244 g/mol. The minimum atomic E-state index is 0.308. The number of rotatable bonds is 10. The lowest BCUT2D eigenvalue weighted by Gasteiger charge is -2.34. The number of ether oxygens (including phenoxy) is 1. The molecule has 0 bridgehead atoms. The minimum absolute atomic E-state index is 0.308. The molecule has 0 radical (unpaired) electrons. The maximum Gasteiger partial charge on any atom is 0.0518 e. The first-order chi connectivity index (χ1) is 7.90. The van der Waals surface area contributed by atoms with E-state index in [1.54, 1.807) is 0 Å². The maximum absolute atomic E-state index is 5.49. The van der Waals surface area contributed by atoms with Gasteiger partial charge in [-0.2, -0.15) is 0 Å². The van der Waals surface area contributed by atoms with Crippen molar-refractivity contribution in [2.75, 3.05) is 33.3 Å². The third-order valence-electron chi connectivity index (χ3n) is 3.47. The molecule has 0 aliphatic heterocycles. The van der Waals surface area contributed by atoms with E-state index in [9.17, 15) is 0 Å². The highest BCUT2D eigenvalue weighted by atomic mass is 16.5. The van der Waals surface area contributed by atoms with Crippen molar-refractivity contribution >= 4 is 0 Å². The van der Waals surface area contributed by atoms with Crippen molar-refractivity contribution in [1.82, 2.24) is 10.2 Å². The van der Waals surface area contributed by atoms with Crippen LogP contribution in [0.5, 0.6) is 0 Å². The second-order valence-corrected chi connectivity index (χ2v) is 5.61. The quantitative estimate of drug-likeness (QED) is 0.598. The molecule has 0 aliphatic carbocycles. The molecular weight excluding hydrogens is 212 g/mol. The summed E-state index contributed by atoms with van der Waals surface area (Å²) in [5.74, 6) is 0. The van der Waals surface area contributed by atoms with Crippen LogP contribution in [0.2, 0.25) is 0 Å². The molecular formula is C14H32N2O. The smallest absolute Gasteiger partial charge is 0.0518 e. The third-order valence-corrected chi connectivity index (χ3v) is 3.47. The summed E-state index contributed by atoms with van der Waals surface area (Å²) in [5.41, 5.74) is 0.308. The van der Waals surface area contributed by atoms with E-state index in [0.29, 0.717) is 11.6 Å². The summed E-state index contributed by atoms with van der Waals surface area (Å²) in [5, 5.41) is 3.46. The summed E-state index contributed by atoms with van der Waals surface area (Å²) in [6.45, 7) is 15.1. The van der Waals surface area contributed by atoms with Gasteiger partial charge in [0.1, 0.15) is 0 Å². The first-order valence-electron chi connectivity index (χ1n) is 6.93. The lowest BCUT2D eigenvalue weighted by Crippen LogP contribution is -2.43. The lowest BCUT2D eigenvalue weighted by atomic mass is 10.0. The van der Waals surface area contributed by atoms with Crippen molar-refractivity contribution < 1.29 is 4.74 Å². The SMILES string of the molecule is CCC(C)(C)N(C)CCNCCCOC(C)C. The van der Waals surface area contributed by atoms with Crippen molar-refractivity contribution in [1.29, 1.82) is 0 Å². The highest BCUT2D eigenvalue weighted by Crippen LogP contribution is 2.15. The Balaban J connectivity index is 3.40. The van der Waals surface area contributed by atoms with Crippen LogP contribution in [0.3, 0.4) is 0 Å². The van der Waals surface area contributed by atoms with Gasteiger partial charge in [-0.15, -0.1) is 0 Å². The van der Waals surface area contributed by atoms with E-state index in [4.69, 9.17) is 4.74 Å². The molecule has 0 saturated heterocycles. The van der Waals surface area contributed by atoms with Crippen LogP contribution in [0.1, 0.15) is 47.5 Å². The van der Waals surface area contributed by atoms with Gasteiger partial charge >= 0.3 is 0 Å². The molecule has 0 aromatic rings. The van der Waals surface area contributed by atoms with E-state index in [1.807, 2.05) is 0 Å². The Bertz CT molecular complexity index is 181. The molecule has 1 N–H and O–H groups in total. The molecule has 17 heavy (non-hydrogen) atoms. The third kappa shape index (κ3) is 8.58. The molecule has 0 fully saturated rings. The molecule has 0 aromatic carbocycles. The van der Waals surface area contributed by atoms with E-state index in [2.05, 4.69) is 51.9 Å². The molecule has 0 heterocycles. The number of likely N-dealkylation sites (N-methyl/N-ethyl adjacent to an activating group) is 1. The van der Waals surface area contributed by atoms with Gasteiger partial charge in [-0.3, -0.25) is 4.90 Å². The largest absolute Gasteiger partial charge is 0.379 e. The van der Waals surface area contributed by atoms with Crippen LogP contribution in [-0.2, 0) is 4.74 Å². The van der Waals surface area contributed by atoms with Gasteiger partial charge in [0.05, 0.1) is 6.10 Å². The van der Waals surface area contributed by atoms with Crippen molar-refractivity contribution in [3.8, 4) is 0 Å². The van der Waals surface area contributed by atoms with Gasteiger partial charge in [-0.25, -0.2) is 0 Å². The van der Waals surface area contributed by atoms with E-state index in [-0.39, 0.29) is 0 Å². The molecule has 0 aliphatic rings. The predicted molar refractivity (Wildman–Crippen MR) is 75.6 cm³/mol. The van der Waals surface area contributed by atoms with Crippen molar-refractivity contribution in [3.05, 3.63) is 0 Å². The highest BCUT2D eigenvalue weighted by Gasteiger charge is 2.19. The number of hydrogen-bond donors (Lipinski definition) is 1. The Morgan fingerprint density at radius 3 is 2.41 bits per heavy atom. The summed E-state index contributed by atoms with van der Waals surface area (Å²) < 4.78 is 5.49. The zero-order valence-electron chi connectivity index (χ0n) is 12.7. The maximum atomic E-state index is 5.49. The number of hydrogen-bond acceptors (Lipinski definition) is 3. The fourth-order valence-corrected chi connectivity index (χ4v) is 1.46. The second kappa shape index (κ2) is 8.90. The molecule has 0 spiro atoms. The summed E-state index contributed by atoms with van der Waals surface area (Å²) in [4.78, 5) is 2.42. The normalized spacial score (nSPS) is 12.7. The Morgan fingerprint density at radius 2 is 1.88 bits per heavy atom. The number of nitrogens with zero attached hydrogens (tertiary/aromatic N) is 1. The summed E-state index contributed by atoms with van der Waals surface area (Å²) in [7, 11) is 2.20. The second-order valence-electron chi connectivity index (χ2n) is 5.61. The Morgan fingerprint density at radius 1 is 1.24 bits per heavy atom. The van der Waals surface area contributed by atoms with E-state index in [1.165, 1.54) is 6.42 Å². The van der Waals surface area contributed by atoms with Crippen molar-refractivity contribution in [3.63, 3.8) is 0 Å². The van der Waals surface area contributed by atoms with E-state index >= 15 is 0 Å². The molecule has 0 atom stereocenters. The van der Waals surface area contributed by atoms with Crippen LogP contribution in [0.4, 0.5) is 0 Å². The van der Waals surface area contributed by atoms with Crippen LogP contribution in [0.15, 0.2) is 0 Å². The van der Waals surface area contributed by atoms with Gasteiger partial charge in [-0.05, 0) is 54.1 Å². The Kier molecular flexibility index (Phi) is 8.83. The van der Waals surface area contributed by atoms with E-state index in [0.717, 1.165) is 32.7 Å². The van der Waals surface area contributed by atoms with Gasteiger partial charge in [-0.1, -0.05) is 6.92 Å². The van der Waals surface area contributed by atoms with Crippen molar-refractivity contribution in [2.24, 2.45) is 0 Å². The van der Waals surface area contributed by atoms with Gasteiger partial charge in [0.15, 0.2) is 0 Å². The van der Waals surface area contributed by atoms with Crippen LogP contribution >= 0.6 is 0 Å². The molecule has 0 unspecified atom stereocenters. The van der Waals surface area contributed by atoms with Gasteiger partial charge < -0.3 is 10.1 Å². The van der Waals surface area contributed by atoms with Gasteiger partial charge in [0.25, 0.3) is 0 Å². The van der Waals surface area contributed by atoms with Crippen LogP contribution in [0.25, 0.3) is 0 Å². The van der Waals surface area contributed by atoms with Crippen LogP contribution < -0.4 is 5.32 Å². The van der Waals surface area contributed by atoms with Gasteiger partial charge in [0.2, 0.25) is 0 Å². The topological polar surface area (TPSA) is 24.5 Å². The zero-order chi connectivity index (χ0) is 13.3. The van der Waals surface area contributed by atoms with Crippen LogP contribution in [-0.4, -0.2) is 49.8 Å². The first-order valence-corrected chi connectivity index (χ1v) is 6.93. The minimum Gasteiger partial charge on any atom is -0.379 e. The summed E-state index contributed by atoms with van der Waals surface area (Å²) in [6.07, 6.45) is 2.64. The average Bonchev–Trinajstić information content (AvgIpc) is 2.27. The molecule has 104 valence electrons. The fraction of sp³-hybridized carbons (Fsp3) is 1.00. The molecule has 0 amide bonds. The van der Waals surface area contributed by atoms with Crippen molar-refractivity contribution in [2.45, 2.75) is 59.1 Å². The molecule has 0 aromatic heterocycles. The lowest BCUT2D eigenvalue weighted by molar-refractivity contribution is 0.0768. The summed E-state index contributed by atoms with van der Waals surface area (Å²) in [6, 6.07) is 0. The molecule has 3 nitrogen and oxygen atoms in total. The number of nitrogens with one attached hydrogen (secondary N) is 1. The fourth-order valence-electron chi connectivity index (χ4n) is 1.46. The molecule has 3 heteroatoms. The standard InChI is InChI=1S/C14H32N2O/c1-7-14(4,5)16(6)11-10-15-9-8-12-17-13(2)3/h13,15H,7-12H2,1-6H3. The highest BCUT2D eigenvalue weighted by molar-refractivity contribution is 4.77. The predicted octanol–water partition coefficient (Wildman–Crippen LogP) is 2.51. The molecule has 0 rings (SSSR count). The Hall–Kier alpha value is -0.120.